The van der Waals surface area contributed by atoms with Crippen LogP contribution in [-0.4, -0.2) is 18.2 Å². The van der Waals surface area contributed by atoms with Gasteiger partial charge < -0.3 is 4.74 Å². The lowest BCUT2D eigenvalue weighted by atomic mass is 10.0. The molecule has 0 aliphatic carbocycles. The zero-order valence-corrected chi connectivity index (χ0v) is 15.7. The lowest BCUT2D eigenvalue weighted by Gasteiger charge is -2.10. The molecule has 1 aliphatic rings. The average molecular weight is 378 g/mol. The topological polar surface area (TPSA) is 41.9 Å². The Morgan fingerprint density at radius 1 is 0.931 bits per heavy atom. The van der Waals surface area contributed by atoms with Gasteiger partial charge in [-0.3, -0.25) is 4.79 Å². The Labute approximate surface area is 169 Å². The van der Waals surface area contributed by atoms with E-state index in [4.69, 9.17) is 11.2 Å². The lowest BCUT2D eigenvalue weighted by Crippen LogP contribution is -2.21. The van der Waals surface area contributed by atoms with Crippen LogP contribution in [0.4, 0.5) is 5.69 Å². The maximum Gasteiger partial charge on any atom is 0.281 e. The van der Waals surface area contributed by atoms with Crippen LogP contribution >= 0.6 is 0 Å². The second kappa shape index (κ2) is 8.28. The molecule has 0 aromatic heterocycles. The number of carbonyl (C=O) groups is 1. The first-order valence-electron chi connectivity index (χ1n) is 9.18. The Kier molecular flexibility index (Phi) is 5.22. The molecule has 0 unspecified atom stereocenters. The third-order valence-electron chi connectivity index (χ3n) is 4.44. The zero-order valence-electron chi connectivity index (χ0n) is 15.7. The Hall–Kier alpha value is -4.10. The molecule has 3 aromatic rings. The van der Waals surface area contributed by atoms with Crippen LogP contribution in [0.1, 0.15) is 11.1 Å². The number of rotatable bonds is 5. The highest BCUT2D eigenvalue weighted by molar-refractivity contribution is 6.37. The fourth-order valence-corrected chi connectivity index (χ4v) is 3.05. The van der Waals surface area contributed by atoms with Crippen molar-refractivity contribution in [1.82, 2.24) is 0 Å². The number of hydrogen-bond donors (Lipinski definition) is 0. The minimum atomic E-state index is -0.164. The van der Waals surface area contributed by atoms with E-state index in [0.717, 1.165) is 16.8 Å². The number of amides is 1. The molecule has 1 amide bonds. The summed E-state index contributed by atoms with van der Waals surface area (Å²) >= 11 is 0. The van der Waals surface area contributed by atoms with Gasteiger partial charge >= 0.3 is 0 Å². The molecular weight excluding hydrogens is 360 g/mol. The van der Waals surface area contributed by atoms with Crippen LogP contribution in [0, 0.1) is 12.3 Å². The molecule has 0 bridgehead atoms. The van der Waals surface area contributed by atoms with Crippen molar-refractivity contribution in [3.63, 3.8) is 0 Å². The minimum absolute atomic E-state index is 0.164. The van der Waals surface area contributed by atoms with Crippen molar-refractivity contribution >= 4 is 23.4 Å². The van der Waals surface area contributed by atoms with Gasteiger partial charge in [-0.25, -0.2) is 0 Å². The van der Waals surface area contributed by atoms with Crippen LogP contribution in [0.5, 0.6) is 5.75 Å². The number of carbonyl (C=O) groups excluding carboxylic acids is 1. The summed E-state index contributed by atoms with van der Waals surface area (Å²) < 4.78 is 5.41. The molecule has 0 radical (unpaired) electrons. The first-order valence-corrected chi connectivity index (χ1v) is 9.18. The maximum absolute atomic E-state index is 13.2. The van der Waals surface area contributed by atoms with E-state index in [1.54, 1.807) is 0 Å². The lowest BCUT2D eigenvalue weighted by molar-refractivity contribution is -0.114. The highest BCUT2D eigenvalue weighted by Gasteiger charge is 2.31. The van der Waals surface area contributed by atoms with Crippen molar-refractivity contribution < 1.29 is 9.53 Å². The molecule has 140 valence electrons. The summed E-state index contributed by atoms with van der Waals surface area (Å²) in [4.78, 5) is 13.2. The SMILES string of the molecule is C#CCOc1ccc(/C=C2\C(=O)N(c3ccccc3)N=C2c2ccccc2)cc1. The van der Waals surface area contributed by atoms with E-state index >= 15 is 0 Å². The van der Waals surface area contributed by atoms with E-state index in [1.807, 2.05) is 91.0 Å². The molecule has 0 fully saturated rings. The van der Waals surface area contributed by atoms with E-state index in [9.17, 15) is 4.79 Å². The van der Waals surface area contributed by atoms with Gasteiger partial charge in [-0.05, 0) is 35.9 Å². The smallest absolute Gasteiger partial charge is 0.281 e. The first kappa shape index (κ1) is 18.3. The summed E-state index contributed by atoms with van der Waals surface area (Å²) in [7, 11) is 0. The van der Waals surface area contributed by atoms with Crippen LogP contribution in [0.3, 0.4) is 0 Å². The summed E-state index contributed by atoms with van der Waals surface area (Å²) in [5.74, 6) is 2.96. The maximum atomic E-state index is 13.2. The number of benzene rings is 3. The molecule has 4 rings (SSSR count). The summed E-state index contributed by atoms with van der Waals surface area (Å²) in [5.41, 5.74) is 3.68. The van der Waals surface area contributed by atoms with Gasteiger partial charge in [0.15, 0.2) is 0 Å². The van der Waals surface area contributed by atoms with Crippen LogP contribution in [0.15, 0.2) is 95.6 Å². The van der Waals surface area contributed by atoms with Crippen molar-refractivity contribution in [2.75, 3.05) is 11.6 Å². The number of hydrazone groups is 1. The number of nitrogens with zero attached hydrogens (tertiary/aromatic N) is 2. The molecule has 0 saturated heterocycles. The van der Waals surface area contributed by atoms with Crippen LogP contribution in [0.2, 0.25) is 0 Å². The van der Waals surface area contributed by atoms with E-state index in [0.29, 0.717) is 17.0 Å². The number of terminal acetylenes is 1. The predicted molar refractivity (Wildman–Crippen MR) is 116 cm³/mol. The number of anilines is 1. The largest absolute Gasteiger partial charge is 0.481 e. The van der Waals surface area contributed by atoms with Crippen molar-refractivity contribution in [2.45, 2.75) is 0 Å². The molecular formula is C25H18N2O2. The third-order valence-corrected chi connectivity index (χ3v) is 4.44. The van der Waals surface area contributed by atoms with Gasteiger partial charge in [-0.15, -0.1) is 6.42 Å². The standard InChI is InChI=1S/C25H18N2O2/c1-2-17-29-22-15-13-19(14-16-22)18-23-24(20-9-5-3-6-10-20)26-27(25(23)28)21-11-7-4-8-12-21/h1,3-16,18H,17H2/b23-18-. The van der Waals surface area contributed by atoms with Gasteiger partial charge in [0.05, 0.1) is 11.3 Å². The molecule has 0 N–H and O–H groups in total. The van der Waals surface area contributed by atoms with Gasteiger partial charge in [-0.2, -0.15) is 10.1 Å². The molecule has 1 aliphatic heterocycles. The molecule has 3 aromatic carbocycles. The third kappa shape index (κ3) is 3.95. The van der Waals surface area contributed by atoms with Gasteiger partial charge in [0.1, 0.15) is 18.1 Å². The van der Waals surface area contributed by atoms with Crippen molar-refractivity contribution in [2.24, 2.45) is 5.10 Å². The zero-order chi connectivity index (χ0) is 20.1. The summed E-state index contributed by atoms with van der Waals surface area (Å²) in [5, 5.41) is 6.07. The fraction of sp³-hybridized carbons (Fsp3) is 0.0400. The molecule has 29 heavy (non-hydrogen) atoms. The van der Waals surface area contributed by atoms with Crippen molar-refractivity contribution in [1.29, 1.82) is 0 Å². The molecule has 4 heteroatoms. The Balaban J connectivity index is 1.72. The van der Waals surface area contributed by atoms with E-state index in [1.165, 1.54) is 5.01 Å². The highest BCUT2D eigenvalue weighted by Crippen LogP contribution is 2.28. The van der Waals surface area contributed by atoms with Crippen LogP contribution in [-0.2, 0) is 4.79 Å². The minimum Gasteiger partial charge on any atom is -0.481 e. The van der Waals surface area contributed by atoms with Crippen LogP contribution < -0.4 is 9.75 Å². The Morgan fingerprint density at radius 2 is 1.59 bits per heavy atom. The molecule has 0 saturated carbocycles. The Bertz CT molecular complexity index is 1110. The van der Waals surface area contributed by atoms with E-state index < -0.39 is 0 Å². The quantitative estimate of drug-likeness (QED) is 0.483. The first-order chi connectivity index (χ1) is 14.3. The van der Waals surface area contributed by atoms with Crippen molar-refractivity contribution in [3.05, 3.63) is 102 Å². The predicted octanol–water partition coefficient (Wildman–Crippen LogP) is 4.53. The fourth-order valence-electron chi connectivity index (χ4n) is 3.05. The van der Waals surface area contributed by atoms with Gasteiger partial charge in [-0.1, -0.05) is 66.6 Å². The van der Waals surface area contributed by atoms with E-state index in [-0.39, 0.29) is 12.5 Å². The number of para-hydroxylation sites is 1. The second-order valence-electron chi connectivity index (χ2n) is 6.39. The monoisotopic (exact) mass is 378 g/mol. The van der Waals surface area contributed by atoms with Crippen LogP contribution in [0.25, 0.3) is 6.08 Å². The molecule has 0 spiro atoms. The molecule has 1 heterocycles. The van der Waals surface area contributed by atoms with Gasteiger partial charge in [0, 0.05) is 5.56 Å². The number of ether oxygens (including phenoxy) is 1. The highest BCUT2D eigenvalue weighted by atomic mass is 16.5. The summed E-state index contributed by atoms with van der Waals surface area (Å²) in [6.45, 7) is 0.218. The molecule has 0 atom stereocenters. The second-order valence-corrected chi connectivity index (χ2v) is 6.39. The normalized spacial score (nSPS) is 14.6. The van der Waals surface area contributed by atoms with Gasteiger partial charge in [0.25, 0.3) is 5.91 Å². The van der Waals surface area contributed by atoms with Crippen molar-refractivity contribution in [3.8, 4) is 18.1 Å². The summed E-state index contributed by atoms with van der Waals surface area (Å²) in [6.07, 6.45) is 7.07. The summed E-state index contributed by atoms with van der Waals surface area (Å²) in [6, 6.07) is 26.6. The Morgan fingerprint density at radius 3 is 2.24 bits per heavy atom. The van der Waals surface area contributed by atoms with E-state index in [2.05, 4.69) is 11.0 Å². The van der Waals surface area contributed by atoms with Gasteiger partial charge in [0.2, 0.25) is 0 Å². The number of hydrogen-bond acceptors (Lipinski definition) is 3. The molecule has 4 nitrogen and oxygen atoms in total. The average Bonchev–Trinajstić information content (AvgIpc) is 3.10.